The van der Waals surface area contributed by atoms with Gasteiger partial charge in [-0.1, -0.05) is 6.07 Å². The van der Waals surface area contributed by atoms with E-state index >= 15 is 0 Å². The molecule has 0 aromatic heterocycles. The largest absolute Gasteiger partial charge is 0.397 e. The minimum atomic E-state index is 0.452. The highest BCUT2D eigenvalue weighted by Crippen LogP contribution is 2.48. The summed E-state index contributed by atoms with van der Waals surface area (Å²) in [6.45, 7) is 3.91. The first-order valence-electron chi connectivity index (χ1n) is 6.24. The second kappa shape index (κ2) is 4.96. The second-order valence-corrected chi connectivity index (χ2v) is 5.19. The molecule has 94 valence electrons. The van der Waals surface area contributed by atoms with E-state index in [4.69, 9.17) is 10.5 Å². The molecule has 0 saturated heterocycles. The maximum Gasteiger partial charge on any atom is 0.0574 e. The Labute approximate surface area is 103 Å². The van der Waals surface area contributed by atoms with E-state index in [1.54, 1.807) is 7.11 Å². The topological polar surface area (TPSA) is 47.3 Å². The number of methoxy groups -OCH3 is 1. The number of nitrogen functional groups attached to an aromatic ring is 1. The number of nitrogens with two attached hydrogens (primary N) is 1. The van der Waals surface area contributed by atoms with Gasteiger partial charge in [-0.25, -0.2) is 0 Å². The molecule has 0 aliphatic heterocycles. The maximum absolute atomic E-state index is 5.98. The Balaban J connectivity index is 1.89. The molecule has 1 aliphatic rings. The highest BCUT2D eigenvalue weighted by atomic mass is 16.5. The van der Waals surface area contributed by atoms with Gasteiger partial charge in [0.25, 0.3) is 0 Å². The fourth-order valence-electron chi connectivity index (χ4n) is 2.14. The van der Waals surface area contributed by atoms with Gasteiger partial charge in [0.15, 0.2) is 0 Å². The second-order valence-electron chi connectivity index (χ2n) is 5.19. The molecule has 3 heteroatoms. The monoisotopic (exact) mass is 234 g/mol. The predicted octanol–water partition coefficient (Wildman–Crippen LogP) is 2.81. The standard InChI is InChI=1S/C14H22N2O/c1-11-3-4-13(12(15)9-11)16-10-14(5-6-14)7-8-17-2/h3-4,9,16H,5-8,10,15H2,1-2H3. The summed E-state index contributed by atoms with van der Waals surface area (Å²) in [7, 11) is 1.77. The number of anilines is 2. The molecule has 3 N–H and O–H groups in total. The van der Waals surface area contributed by atoms with Crippen LogP contribution < -0.4 is 11.1 Å². The molecule has 0 unspecified atom stereocenters. The Hall–Kier alpha value is -1.22. The van der Waals surface area contributed by atoms with Crippen LogP contribution in [0.15, 0.2) is 18.2 Å². The van der Waals surface area contributed by atoms with Crippen molar-refractivity contribution in [1.29, 1.82) is 0 Å². The smallest absolute Gasteiger partial charge is 0.0574 e. The summed E-state index contributed by atoms with van der Waals surface area (Å²) < 4.78 is 5.16. The molecule has 0 spiro atoms. The van der Waals surface area contributed by atoms with E-state index in [0.717, 1.165) is 30.9 Å². The summed E-state index contributed by atoms with van der Waals surface area (Å²) in [6, 6.07) is 6.17. The molecule has 0 amide bonds. The molecule has 17 heavy (non-hydrogen) atoms. The third-order valence-electron chi connectivity index (χ3n) is 3.65. The van der Waals surface area contributed by atoms with Crippen molar-refractivity contribution < 1.29 is 4.74 Å². The molecule has 0 heterocycles. The Morgan fingerprint density at radius 1 is 1.41 bits per heavy atom. The molecular weight excluding hydrogens is 212 g/mol. The summed E-state index contributed by atoms with van der Waals surface area (Å²) in [5, 5.41) is 3.47. The molecule has 1 aromatic rings. The lowest BCUT2D eigenvalue weighted by molar-refractivity contribution is 0.175. The number of hydrogen-bond donors (Lipinski definition) is 2. The van der Waals surface area contributed by atoms with E-state index in [2.05, 4.69) is 24.4 Å². The van der Waals surface area contributed by atoms with Crippen LogP contribution in [0.5, 0.6) is 0 Å². The minimum Gasteiger partial charge on any atom is -0.397 e. The fraction of sp³-hybridized carbons (Fsp3) is 0.571. The molecule has 0 bridgehead atoms. The quantitative estimate of drug-likeness (QED) is 0.744. The molecule has 2 rings (SSSR count). The van der Waals surface area contributed by atoms with Crippen molar-refractivity contribution in [3.63, 3.8) is 0 Å². The summed E-state index contributed by atoms with van der Waals surface area (Å²) in [4.78, 5) is 0. The Kier molecular flexibility index (Phi) is 3.57. The summed E-state index contributed by atoms with van der Waals surface area (Å²) in [6.07, 6.45) is 3.74. The molecule has 1 aliphatic carbocycles. The zero-order valence-corrected chi connectivity index (χ0v) is 10.8. The Morgan fingerprint density at radius 3 is 2.76 bits per heavy atom. The molecule has 1 saturated carbocycles. The number of nitrogens with one attached hydrogen (secondary N) is 1. The molecular formula is C14H22N2O. The van der Waals surface area contributed by atoms with Crippen molar-refractivity contribution in [2.24, 2.45) is 5.41 Å². The van der Waals surface area contributed by atoms with Crippen LogP contribution in [0.1, 0.15) is 24.8 Å². The van der Waals surface area contributed by atoms with Gasteiger partial charge in [-0.3, -0.25) is 0 Å². The van der Waals surface area contributed by atoms with E-state index in [1.807, 2.05) is 6.07 Å². The van der Waals surface area contributed by atoms with Crippen LogP contribution in [0, 0.1) is 12.3 Å². The molecule has 1 fully saturated rings. The number of benzene rings is 1. The van der Waals surface area contributed by atoms with Gasteiger partial charge < -0.3 is 15.8 Å². The third-order valence-corrected chi connectivity index (χ3v) is 3.65. The first-order chi connectivity index (χ1) is 8.15. The molecule has 0 radical (unpaired) electrons. The average molecular weight is 234 g/mol. The molecule has 0 atom stereocenters. The van der Waals surface area contributed by atoms with Gasteiger partial charge in [-0.2, -0.15) is 0 Å². The van der Waals surface area contributed by atoms with Crippen molar-refractivity contribution in [2.75, 3.05) is 31.3 Å². The third kappa shape index (κ3) is 3.13. The van der Waals surface area contributed by atoms with Gasteiger partial charge in [0.05, 0.1) is 11.4 Å². The van der Waals surface area contributed by atoms with Gasteiger partial charge >= 0.3 is 0 Å². The van der Waals surface area contributed by atoms with Gasteiger partial charge in [0.2, 0.25) is 0 Å². The lowest BCUT2D eigenvalue weighted by Crippen LogP contribution is -2.17. The van der Waals surface area contributed by atoms with E-state index in [9.17, 15) is 0 Å². The predicted molar refractivity (Wildman–Crippen MR) is 72.2 cm³/mol. The highest BCUT2D eigenvalue weighted by Gasteiger charge is 2.41. The molecule has 1 aromatic carbocycles. The van der Waals surface area contributed by atoms with Crippen LogP contribution in [0.2, 0.25) is 0 Å². The van der Waals surface area contributed by atoms with Crippen molar-refractivity contribution in [1.82, 2.24) is 0 Å². The van der Waals surface area contributed by atoms with Crippen LogP contribution in [0.25, 0.3) is 0 Å². The number of aryl methyl sites for hydroxylation is 1. The Morgan fingerprint density at radius 2 is 2.18 bits per heavy atom. The Bertz CT molecular complexity index is 386. The van der Waals surface area contributed by atoms with E-state index in [1.165, 1.54) is 18.4 Å². The van der Waals surface area contributed by atoms with Gasteiger partial charge in [-0.05, 0) is 49.3 Å². The first-order valence-corrected chi connectivity index (χ1v) is 6.24. The van der Waals surface area contributed by atoms with Crippen LogP contribution in [0.4, 0.5) is 11.4 Å². The maximum atomic E-state index is 5.98. The van der Waals surface area contributed by atoms with Crippen molar-refractivity contribution >= 4 is 11.4 Å². The summed E-state index contributed by atoms with van der Waals surface area (Å²) in [5.74, 6) is 0. The van der Waals surface area contributed by atoms with Crippen LogP contribution in [-0.2, 0) is 4.74 Å². The number of rotatable bonds is 6. The highest BCUT2D eigenvalue weighted by molar-refractivity contribution is 5.67. The zero-order valence-electron chi connectivity index (χ0n) is 10.8. The van der Waals surface area contributed by atoms with Crippen LogP contribution >= 0.6 is 0 Å². The van der Waals surface area contributed by atoms with Crippen molar-refractivity contribution in [3.05, 3.63) is 23.8 Å². The number of hydrogen-bond acceptors (Lipinski definition) is 3. The van der Waals surface area contributed by atoms with Gasteiger partial charge in [0, 0.05) is 20.3 Å². The van der Waals surface area contributed by atoms with Gasteiger partial charge in [-0.15, -0.1) is 0 Å². The zero-order chi connectivity index (χ0) is 12.3. The lowest BCUT2D eigenvalue weighted by Gasteiger charge is -2.17. The van der Waals surface area contributed by atoms with Crippen molar-refractivity contribution in [3.8, 4) is 0 Å². The first kappa shape index (κ1) is 12.2. The van der Waals surface area contributed by atoms with Crippen molar-refractivity contribution in [2.45, 2.75) is 26.2 Å². The van der Waals surface area contributed by atoms with E-state index in [0.29, 0.717) is 5.41 Å². The van der Waals surface area contributed by atoms with E-state index < -0.39 is 0 Å². The van der Waals surface area contributed by atoms with Gasteiger partial charge in [0.1, 0.15) is 0 Å². The van der Waals surface area contributed by atoms with E-state index in [-0.39, 0.29) is 0 Å². The summed E-state index contributed by atoms with van der Waals surface area (Å²) >= 11 is 0. The minimum absolute atomic E-state index is 0.452. The molecule has 3 nitrogen and oxygen atoms in total. The SMILES string of the molecule is COCCC1(CNc2ccc(C)cc2N)CC1. The average Bonchev–Trinajstić information content (AvgIpc) is 3.06. The fourth-order valence-corrected chi connectivity index (χ4v) is 2.14. The number of ether oxygens (including phenoxy) is 1. The van der Waals surface area contributed by atoms with Crippen LogP contribution in [-0.4, -0.2) is 20.3 Å². The van der Waals surface area contributed by atoms with Crippen LogP contribution in [0.3, 0.4) is 0 Å². The normalized spacial score (nSPS) is 16.8. The summed E-state index contributed by atoms with van der Waals surface area (Å²) in [5.41, 5.74) is 9.53. The lowest BCUT2D eigenvalue weighted by atomic mass is 10.0.